The van der Waals surface area contributed by atoms with Crippen molar-refractivity contribution in [3.8, 4) is 5.75 Å². The minimum Gasteiger partial charge on any atom is -0.465 e. The van der Waals surface area contributed by atoms with Crippen LogP contribution in [0.15, 0.2) is 43.0 Å². The van der Waals surface area contributed by atoms with E-state index in [0.717, 1.165) is 0 Å². The number of aliphatic hydroxyl groups excluding tert-OH is 2. The molecule has 1 aromatic carbocycles. The van der Waals surface area contributed by atoms with Gasteiger partial charge in [-0.25, -0.2) is 19.5 Å². The lowest BCUT2D eigenvalue weighted by Crippen LogP contribution is -2.41. The Morgan fingerprint density at radius 2 is 1.95 bits per heavy atom. The molecule has 3 heterocycles. The molecule has 7 atom stereocenters. The van der Waals surface area contributed by atoms with E-state index in [-0.39, 0.29) is 18.2 Å². The fourth-order valence-electron chi connectivity index (χ4n) is 3.89. The number of nitrogen functional groups attached to an aromatic ring is 1. The first-order valence-electron chi connectivity index (χ1n) is 11.6. The number of fused-ring (bicyclic) bond motifs is 1. The van der Waals surface area contributed by atoms with Gasteiger partial charge in [-0.05, 0) is 32.9 Å². The topological polar surface area (TPSA) is 193 Å². The Kier molecular flexibility index (Phi) is 8.07. The number of ether oxygens (including phenoxy) is 2. The molecule has 3 aromatic rings. The number of para-hydroxylation sites is 1. The van der Waals surface area contributed by atoms with Crippen LogP contribution in [0.4, 0.5) is 5.82 Å². The average Bonchev–Trinajstić information content (AvgIpc) is 3.41. The highest BCUT2D eigenvalue weighted by Gasteiger charge is 2.49. The first-order chi connectivity index (χ1) is 17.6. The SMILES string of the molecule is CCOC(=O)C(C)NP(=O)(Oc1ccccc1)OC(C)C1OC(n2cnc3c(N)ncnc32)C(O)C1O. The van der Waals surface area contributed by atoms with Crippen LogP contribution < -0.4 is 15.3 Å². The predicted molar refractivity (Wildman–Crippen MR) is 130 cm³/mol. The number of carbonyl (C=O) groups is 1. The van der Waals surface area contributed by atoms with Crippen molar-refractivity contribution in [2.24, 2.45) is 0 Å². The van der Waals surface area contributed by atoms with Gasteiger partial charge in [-0.1, -0.05) is 18.2 Å². The van der Waals surface area contributed by atoms with E-state index in [2.05, 4.69) is 20.0 Å². The summed E-state index contributed by atoms with van der Waals surface area (Å²) in [5.41, 5.74) is 6.43. The van der Waals surface area contributed by atoms with Crippen molar-refractivity contribution in [2.45, 2.75) is 57.5 Å². The summed E-state index contributed by atoms with van der Waals surface area (Å²) in [6, 6.07) is 7.18. The normalized spacial score (nSPS) is 24.9. The molecule has 0 amide bonds. The second-order valence-corrected chi connectivity index (χ2v) is 10.0. The summed E-state index contributed by atoms with van der Waals surface area (Å²) in [7, 11) is -4.24. The average molecular weight is 536 g/mol. The maximum Gasteiger partial charge on any atom is 0.459 e. The Morgan fingerprint density at radius 3 is 2.65 bits per heavy atom. The minimum atomic E-state index is -4.24. The second kappa shape index (κ2) is 11.1. The molecule has 2 aromatic heterocycles. The number of rotatable bonds is 10. The highest BCUT2D eigenvalue weighted by Crippen LogP contribution is 2.48. The van der Waals surface area contributed by atoms with E-state index >= 15 is 0 Å². The number of esters is 1. The molecule has 4 rings (SSSR count). The Morgan fingerprint density at radius 1 is 1.22 bits per heavy atom. The first kappa shape index (κ1) is 26.9. The molecule has 1 fully saturated rings. The highest BCUT2D eigenvalue weighted by atomic mass is 31.2. The summed E-state index contributed by atoms with van der Waals surface area (Å²) in [5, 5.41) is 24.1. The zero-order valence-corrected chi connectivity index (χ0v) is 21.3. The van der Waals surface area contributed by atoms with Crippen LogP contribution in [0.3, 0.4) is 0 Å². The number of aromatic nitrogens is 4. The fraction of sp³-hybridized carbons (Fsp3) is 0.455. The van der Waals surface area contributed by atoms with Crippen LogP contribution in [-0.2, 0) is 23.4 Å². The molecular weight excluding hydrogens is 507 g/mol. The number of imidazole rings is 1. The fourth-order valence-corrected chi connectivity index (χ4v) is 5.59. The van der Waals surface area contributed by atoms with E-state index in [9.17, 15) is 19.6 Å². The molecule has 1 aliphatic rings. The van der Waals surface area contributed by atoms with E-state index in [0.29, 0.717) is 11.2 Å². The Balaban J connectivity index is 1.55. The van der Waals surface area contributed by atoms with Crippen molar-refractivity contribution in [1.29, 1.82) is 0 Å². The maximum atomic E-state index is 13.8. The van der Waals surface area contributed by atoms with E-state index in [1.54, 1.807) is 37.3 Å². The summed E-state index contributed by atoms with van der Waals surface area (Å²) in [6.45, 7) is 4.72. The van der Waals surface area contributed by atoms with E-state index in [1.165, 1.54) is 31.1 Å². The van der Waals surface area contributed by atoms with Crippen molar-refractivity contribution in [2.75, 3.05) is 12.3 Å². The molecule has 15 heteroatoms. The second-order valence-electron chi connectivity index (χ2n) is 8.37. The molecule has 0 saturated carbocycles. The van der Waals surface area contributed by atoms with Gasteiger partial charge >= 0.3 is 13.7 Å². The quantitative estimate of drug-likeness (QED) is 0.213. The minimum absolute atomic E-state index is 0.132. The number of benzene rings is 1. The van der Waals surface area contributed by atoms with E-state index in [4.69, 9.17) is 24.3 Å². The van der Waals surface area contributed by atoms with E-state index in [1.807, 2.05) is 0 Å². The predicted octanol–water partition coefficient (Wildman–Crippen LogP) is 1.16. The van der Waals surface area contributed by atoms with Crippen molar-refractivity contribution < 1.29 is 38.1 Å². The molecular formula is C22H29N6O8P. The lowest BCUT2D eigenvalue weighted by atomic mass is 10.1. The van der Waals surface area contributed by atoms with Crippen LogP contribution in [-0.4, -0.2) is 72.8 Å². The third kappa shape index (κ3) is 5.74. The first-order valence-corrected chi connectivity index (χ1v) is 13.1. The Bertz CT molecular complexity index is 1280. The van der Waals surface area contributed by atoms with Crippen LogP contribution in [0, 0.1) is 0 Å². The van der Waals surface area contributed by atoms with Gasteiger partial charge in [0, 0.05) is 0 Å². The largest absolute Gasteiger partial charge is 0.465 e. The van der Waals surface area contributed by atoms with Crippen LogP contribution in [0.1, 0.15) is 27.0 Å². The van der Waals surface area contributed by atoms with Crippen molar-refractivity contribution in [1.82, 2.24) is 24.6 Å². The number of hydrogen-bond acceptors (Lipinski definition) is 12. The zero-order valence-electron chi connectivity index (χ0n) is 20.4. The van der Waals surface area contributed by atoms with Gasteiger partial charge in [0.2, 0.25) is 0 Å². The number of nitrogens with two attached hydrogens (primary N) is 1. The molecule has 5 N–H and O–H groups in total. The number of anilines is 1. The lowest BCUT2D eigenvalue weighted by molar-refractivity contribution is -0.144. The van der Waals surface area contributed by atoms with E-state index < -0.39 is 50.4 Å². The van der Waals surface area contributed by atoms with Gasteiger partial charge in [0.1, 0.15) is 41.9 Å². The third-order valence-electron chi connectivity index (χ3n) is 5.66. The van der Waals surface area contributed by atoms with Crippen LogP contribution in [0.2, 0.25) is 0 Å². The zero-order chi connectivity index (χ0) is 26.7. The van der Waals surface area contributed by atoms with Crippen molar-refractivity contribution in [3.05, 3.63) is 43.0 Å². The summed E-state index contributed by atoms with van der Waals surface area (Å²) < 4.78 is 37.5. The monoisotopic (exact) mass is 536 g/mol. The Labute approximate surface area is 212 Å². The number of carbonyl (C=O) groups excluding carboxylic acids is 1. The molecule has 0 bridgehead atoms. The summed E-state index contributed by atoms with van der Waals surface area (Å²) >= 11 is 0. The van der Waals surface area contributed by atoms with Crippen LogP contribution in [0.25, 0.3) is 11.2 Å². The van der Waals surface area contributed by atoms with Crippen molar-refractivity contribution in [3.63, 3.8) is 0 Å². The highest BCUT2D eigenvalue weighted by molar-refractivity contribution is 7.52. The number of hydrogen-bond donors (Lipinski definition) is 4. The molecule has 7 unspecified atom stereocenters. The summed E-state index contributed by atoms with van der Waals surface area (Å²) in [5.74, 6) is -0.295. The van der Waals surface area contributed by atoms with Gasteiger partial charge in [-0.3, -0.25) is 13.9 Å². The van der Waals surface area contributed by atoms with Gasteiger partial charge < -0.3 is 29.9 Å². The van der Waals surface area contributed by atoms with Crippen LogP contribution in [0.5, 0.6) is 5.75 Å². The molecule has 14 nitrogen and oxygen atoms in total. The number of nitrogens with one attached hydrogen (secondary N) is 1. The Hall–Kier alpha value is -3.13. The van der Waals surface area contributed by atoms with Gasteiger partial charge in [0.05, 0.1) is 19.0 Å². The molecule has 1 aliphatic heterocycles. The number of aliphatic hydroxyl groups is 2. The van der Waals surface area contributed by atoms with Gasteiger partial charge in [-0.15, -0.1) is 0 Å². The molecule has 37 heavy (non-hydrogen) atoms. The molecule has 200 valence electrons. The van der Waals surface area contributed by atoms with Crippen LogP contribution >= 0.6 is 7.75 Å². The third-order valence-corrected chi connectivity index (χ3v) is 7.43. The summed E-state index contributed by atoms with van der Waals surface area (Å²) in [6.07, 6.45) is -3.59. The van der Waals surface area contributed by atoms with Gasteiger partial charge in [0.25, 0.3) is 0 Å². The number of nitrogens with zero attached hydrogens (tertiary/aromatic N) is 4. The smallest absolute Gasteiger partial charge is 0.459 e. The molecule has 0 aliphatic carbocycles. The molecule has 1 saturated heterocycles. The molecule has 0 spiro atoms. The maximum absolute atomic E-state index is 13.8. The summed E-state index contributed by atoms with van der Waals surface area (Å²) in [4.78, 5) is 24.3. The van der Waals surface area contributed by atoms with Gasteiger partial charge in [-0.2, -0.15) is 5.09 Å². The van der Waals surface area contributed by atoms with Gasteiger partial charge in [0.15, 0.2) is 17.7 Å². The standard InChI is InChI=1S/C22H29N6O8P/c1-4-33-22(31)12(2)27-37(32,36-14-8-6-5-7-9-14)35-13(3)18-16(29)17(30)21(34-18)28-11-26-15-19(23)24-10-25-20(15)28/h5-13,16-18,21,29-30H,4H2,1-3H3,(H,27,32)(H2,23,24,25). The molecule has 0 radical (unpaired) electrons. The van der Waals surface area contributed by atoms with Crippen molar-refractivity contribution >= 4 is 30.7 Å². The lowest BCUT2D eigenvalue weighted by Gasteiger charge is -2.28.